The van der Waals surface area contributed by atoms with Crippen molar-refractivity contribution >= 4 is 23.6 Å². The molecule has 1 aliphatic heterocycles. The van der Waals surface area contributed by atoms with Gasteiger partial charge >= 0.3 is 0 Å². The second-order valence-electron chi connectivity index (χ2n) is 12.0. The number of amides is 4. The van der Waals surface area contributed by atoms with Crippen molar-refractivity contribution < 1.29 is 33.4 Å². The minimum absolute atomic E-state index is 0.136. The van der Waals surface area contributed by atoms with Crippen LogP contribution in [-0.2, 0) is 20.8 Å². The van der Waals surface area contributed by atoms with Gasteiger partial charge in [-0.25, -0.2) is 0 Å². The maximum absolute atomic E-state index is 13.4. The Balaban J connectivity index is 1.76. The van der Waals surface area contributed by atoms with Gasteiger partial charge in [-0.15, -0.1) is 0 Å². The van der Waals surface area contributed by atoms with Crippen LogP contribution >= 0.6 is 0 Å². The maximum atomic E-state index is 13.4. The van der Waals surface area contributed by atoms with E-state index in [0.29, 0.717) is 49.7 Å². The van der Waals surface area contributed by atoms with Crippen LogP contribution in [0.25, 0.3) is 0 Å². The van der Waals surface area contributed by atoms with Crippen LogP contribution in [0, 0.1) is 11.8 Å². The van der Waals surface area contributed by atoms with Crippen molar-refractivity contribution in [2.75, 3.05) is 26.9 Å². The topological polar surface area (TPSA) is 144 Å². The van der Waals surface area contributed by atoms with E-state index in [0.717, 1.165) is 5.56 Å². The van der Waals surface area contributed by atoms with E-state index in [1.54, 1.807) is 31.4 Å². The van der Waals surface area contributed by atoms with E-state index in [-0.39, 0.29) is 42.4 Å². The van der Waals surface area contributed by atoms with Gasteiger partial charge in [-0.05, 0) is 67.9 Å². The van der Waals surface area contributed by atoms with E-state index in [1.165, 1.54) is 0 Å². The number of fused-ring (bicyclic) bond motifs is 1. The van der Waals surface area contributed by atoms with Crippen LogP contribution in [-0.4, -0.2) is 68.6 Å². The standard InChI is InChI=1S/C34H48N4O7/c1-7-44-28-15-14-23(18-29(28)43-6)11-10-16-35-33(41)26-19-30(39)38-31(22(4)5)34(42)36-24(17-21(2)3)20-45-27-13-9-8-12-25(27)32(40)37-26/h8-9,12-15,18,21-22,24,26,31H,7,10-11,16-17,19-20H2,1-6H3,(H,35,41)(H,36,42)(H,37,40)(H,38,39)/t24-,26+,31-/m1/s1. The minimum Gasteiger partial charge on any atom is -0.493 e. The number of nitrogens with one attached hydrogen (secondary N) is 4. The van der Waals surface area contributed by atoms with Crippen LogP contribution in [0.15, 0.2) is 42.5 Å². The van der Waals surface area contributed by atoms with Crippen LogP contribution in [0.1, 0.15) is 69.8 Å². The number of para-hydroxylation sites is 1. The van der Waals surface area contributed by atoms with E-state index in [4.69, 9.17) is 14.2 Å². The van der Waals surface area contributed by atoms with Gasteiger partial charge in [0.05, 0.1) is 31.7 Å². The van der Waals surface area contributed by atoms with Crippen molar-refractivity contribution in [3.63, 3.8) is 0 Å². The SMILES string of the molecule is CCOc1ccc(CCCNC(=O)[C@@H]2CC(=O)N[C@H](C(C)C)C(=O)N[C@H](CC(C)C)COc3ccccc3C(=O)N2)cc1OC. The van der Waals surface area contributed by atoms with Crippen molar-refractivity contribution in [3.05, 3.63) is 53.6 Å². The van der Waals surface area contributed by atoms with Gasteiger partial charge in [0.15, 0.2) is 11.5 Å². The fourth-order valence-corrected chi connectivity index (χ4v) is 5.17. The third-order valence-electron chi connectivity index (χ3n) is 7.42. The third-order valence-corrected chi connectivity index (χ3v) is 7.42. The number of aryl methyl sites for hydroxylation is 1. The molecule has 0 fully saturated rings. The zero-order valence-electron chi connectivity index (χ0n) is 27.2. The lowest BCUT2D eigenvalue weighted by Gasteiger charge is -2.28. The lowest BCUT2D eigenvalue weighted by atomic mass is 10.00. The molecule has 3 atom stereocenters. The first kappa shape index (κ1) is 35.2. The molecule has 2 aromatic rings. The lowest BCUT2D eigenvalue weighted by Crippen LogP contribution is -2.55. The fraction of sp³-hybridized carbons (Fsp3) is 0.529. The predicted octanol–water partition coefficient (Wildman–Crippen LogP) is 3.40. The normalized spacial score (nSPS) is 19.4. The summed E-state index contributed by atoms with van der Waals surface area (Å²) >= 11 is 0. The molecule has 4 N–H and O–H groups in total. The summed E-state index contributed by atoms with van der Waals surface area (Å²) < 4.78 is 17.1. The number of carbonyl (C=O) groups excluding carboxylic acids is 4. The first-order valence-electron chi connectivity index (χ1n) is 15.7. The molecule has 11 heteroatoms. The summed E-state index contributed by atoms with van der Waals surface area (Å²) in [6.07, 6.45) is 1.57. The summed E-state index contributed by atoms with van der Waals surface area (Å²) in [5, 5.41) is 11.4. The second-order valence-corrected chi connectivity index (χ2v) is 12.0. The molecular formula is C34H48N4O7. The van der Waals surface area contributed by atoms with Gasteiger partial charge in [0, 0.05) is 6.54 Å². The van der Waals surface area contributed by atoms with Gasteiger partial charge in [-0.2, -0.15) is 0 Å². The Labute approximate surface area is 266 Å². The summed E-state index contributed by atoms with van der Waals surface area (Å²) in [4.78, 5) is 53.3. The molecule has 0 unspecified atom stereocenters. The third kappa shape index (κ3) is 10.7. The van der Waals surface area contributed by atoms with Crippen molar-refractivity contribution in [2.45, 2.75) is 78.4 Å². The number of hydrogen-bond donors (Lipinski definition) is 4. The average molecular weight is 625 g/mol. The highest BCUT2D eigenvalue weighted by Crippen LogP contribution is 2.28. The van der Waals surface area contributed by atoms with Gasteiger partial charge < -0.3 is 35.5 Å². The molecule has 0 spiro atoms. The van der Waals surface area contributed by atoms with Crippen LogP contribution in [0.3, 0.4) is 0 Å². The number of hydrogen-bond acceptors (Lipinski definition) is 7. The van der Waals surface area contributed by atoms with E-state index >= 15 is 0 Å². The average Bonchev–Trinajstić information content (AvgIpc) is 3.00. The Morgan fingerprint density at radius 1 is 1.02 bits per heavy atom. The summed E-state index contributed by atoms with van der Waals surface area (Å²) in [6, 6.07) is 10.1. The molecule has 2 aromatic carbocycles. The fourth-order valence-electron chi connectivity index (χ4n) is 5.17. The Kier molecular flexibility index (Phi) is 13.5. The Hall–Kier alpha value is -4.28. The van der Waals surface area contributed by atoms with Crippen LogP contribution in [0.2, 0.25) is 0 Å². The number of rotatable bonds is 11. The molecule has 0 saturated heterocycles. The molecule has 0 saturated carbocycles. The predicted molar refractivity (Wildman–Crippen MR) is 171 cm³/mol. The summed E-state index contributed by atoms with van der Waals surface area (Å²) in [5.41, 5.74) is 1.24. The summed E-state index contributed by atoms with van der Waals surface area (Å²) in [6.45, 7) is 10.6. The van der Waals surface area contributed by atoms with Gasteiger partial charge in [-0.3, -0.25) is 19.2 Å². The quantitative estimate of drug-likeness (QED) is 0.281. The Morgan fingerprint density at radius 3 is 2.47 bits per heavy atom. The smallest absolute Gasteiger partial charge is 0.255 e. The highest BCUT2D eigenvalue weighted by atomic mass is 16.5. The Morgan fingerprint density at radius 2 is 1.78 bits per heavy atom. The first-order valence-corrected chi connectivity index (χ1v) is 15.7. The first-order chi connectivity index (χ1) is 21.5. The van der Waals surface area contributed by atoms with Crippen LogP contribution in [0.4, 0.5) is 0 Å². The number of benzene rings is 2. The zero-order valence-corrected chi connectivity index (χ0v) is 27.2. The molecule has 3 rings (SSSR count). The second kappa shape index (κ2) is 17.3. The van der Waals surface area contributed by atoms with Gasteiger partial charge in [0.2, 0.25) is 17.7 Å². The van der Waals surface area contributed by atoms with Crippen molar-refractivity contribution in [2.24, 2.45) is 11.8 Å². The molecule has 246 valence electrons. The zero-order chi connectivity index (χ0) is 32.9. The van der Waals surface area contributed by atoms with Gasteiger partial charge in [0.25, 0.3) is 5.91 Å². The summed E-state index contributed by atoms with van der Waals surface area (Å²) in [7, 11) is 1.59. The van der Waals surface area contributed by atoms with Gasteiger partial charge in [0.1, 0.15) is 24.4 Å². The van der Waals surface area contributed by atoms with E-state index in [2.05, 4.69) is 21.3 Å². The molecular weight excluding hydrogens is 576 g/mol. The van der Waals surface area contributed by atoms with Crippen molar-refractivity contribution in [3.8, 4) is 17.2 Å². The van der Waals surface area contributed by atoms with Gasteiger partial charge in [-0.1, -0.05) is 45.9 Å². The molecule has 45 heavy (non-hydrogen) atoms. The largest absolute Gasteiger partial charge is 0.493 e. The molecule has 0 bridgehead atoms. The van der Waals surface area contributed by atoms with Crippen LogP contribution < -0.4 is 35.5 Å². The molecule has 0 aromatic heterocycles. The maximum Gasteiger partial charge on any atom is 0.255 e. The van der Waals surface area contributed by atoms with E-state index in [1.807, 2.05) is 52.8 Å². The molecule has 4 amide bonds. The van der Waals surface area contributed by atoms with Crippen LogP contribution in [0.5, 0.6) is 17.2 Å². The highest BCUT2D eigenvalue weighted by Gasteiger charge is 2.31. The molecule has 11 nitrogen and oxygen atoms in total. The van der Waals surface area contributed by atoms with Crippen molar-refractivity contribution in [1.29, 1.82) is 0 Å². The molecule has 0 radical (unpaired) electrons. The van der Waals surface area contributed by atoms with Crippen molar-refractivity contribution in [1.82, 2.24) is 21.3 Å². The van der Waals surface area contributed by atoms with E-state index in [9.17, 15) is 19.2 Å². The minimum atomic E-state index is -1.18. The lowest BCUT2D eigenvalue weighted by molar-refractivity contribution is -0.132. The number of ether oxygens (including phenoxy) is 3. The number of methoxy groups -OCH3 is 1. The Bertz CT molecular complexity index is 1310. The van der Waals surface area contributed by atoms with E-state index < -0.39 is 29.8 Å². The number of carbonyl (C=O) groups is 4. The molecule has 0 aliphatic carbocycles. The monoisotopic (exact) mass is 624 g/mol. The molecule has 1 heterocycles. The molecule has 1 aliphatic rings. The highest BCUT2D eigenvalue weighted by molar-refractivity contribution is 6.01. The summed E-state index contributed by atoms with van der Waals surface area (Å²) in [5.74, 6) is -0.207.